The van der Waals surface area contributed by atoms with Crippen molar-refractivity contribution >= 4 is 5.69 Å². The molecule has 1 rings (SSSR count). The lowest BCUT2D eigenvalue weighted by atomic mass is 10.2. The number of benzene rings is 1. The third kappa shape index (κ3) is 5.02. The zero-order chi connectivity index (χ0) is 13.5. The summed E-state index contributed by atoms with van der Waals surface area (Å²) >= 11 is 0. The molecule has 1 atom stereocenters. The Morgan fingerprint density at radius 1 is 1.33 bits per heavy atom. The van der Waals surface area contributed by atoms with Gasteiger partial charge in [0.2, 0.25) is 0 Å². The molecule has 0 aliphatic rings. The zero-order valence-electron chi connectivity index (χ0n) is 11.2. The second kappa shape index (κ2) is 7.34. The van der Waals surface area contributed by atoms with Crippen LogP contribution in [0.15, 0.2) is 18.2 Å². The topological polar surface area (TPSA) is 41.5 Å². The summed E-state index contributed by atoms with van der Waals surface area (Å²) in [5, 5.41) is 12.6. The number of aryl methyl sites for hydroxylation is 1. The molecule has 0 aliphatic carbocycles. The van der Waals surface area contributed by atoms with Crippen LogP contribution in [0.5, 0.6) is 0 Å². The Kier molecular flexibility index (Phi) is 6.09. The molecule has 0 aromatic heterocycles. The van der Waals surface area contributed by atoms with Crippen molar-refractivity contribution in [2.24, 2.45) is 5.92 Å². The molecule has 0 heterocycles. The van der Waals surface area contributed by atoms with E-state index in [-0.39, 0.29) is 19.0 Å². The van der Waals surface area contributed by atoms with E-state index in [2.05, 4.69) is 5.32 Å². The second-order valence-corrected chi connectivity index (χ2v) is 4.90. The molecular formula is C14H22FNO2. The van der Waals surface area contributed by atoms with Crippen LogP contribution in [0.2, 0.25) is 0 Å². The monoisotopic (exact) mass is 255 g/mol. The van der Waals surface area contributed by atoms with Gasteiger partial charge in [-0.1, -0.05) is 26.0 Å². The zero-order valence-corrected chi connectivity index (χ0v) is 11.2. The average molecular weight is 255 g/mol. The molecule has 18 heavy (non-hydrogen) atoms. The molecule has 1 aromatic carbocycles. The minimum absolute atomic E-state index is 0.263. The molecule has 2 N–H and O–H groups in total. The Morgan fingerprint density at radius 3 is 2.67 bits per heavy atom. The van der Waals surface area contributed by atoms with Gasteiger partial charge in [-0.05, 0) is 24.5 Å². The molecule has 3 nitrogen and oxygen atoms in total. The number of nitrogens with one attached hydrogen (secondary N) is 1. The van der Waals surface area contributed by atoms with E-state index in [1.54, 1.807) is 6.07 Å². The van der Waals surface area contributed by atoms with Gasteiger partial charge in [-0.3, -0.25) is 0 Å². The first-order valence-corrected chi connectivity index (χ1v) is 6.25. The Balaban J connectivity index is 2.36. The van der Waals surface area contributed by atoms with E-state index >= 15 is 0 Å². The van der Waals surface area contributed by atoms with E-state index in [0.717, 1.165) is 5.56 Å². The minimum atomic E-state index is -0.636. The van der Waals surface area contributed by atoms with E-state index in [0.29, 0.717) is 18.2 Å². The quantitative estimate of drug-likeness (QED) is 0.787. The average Bonchev–Trinajstić information content (AvgIpc) is 2.27. The van der Waals surface area contributed by atoms with Crippen LogP contribution in [0.25, 0.3) is 0 Å². The predicted molar refractivity (Wildman–Crippen MR) is 71.3 cm³/mol. The highest BCUT2D eigenvalue weighted by molar-refractivity contribution is 5.51. The lowest BCUT2D eigenvalue weighted by Crippen LogP contribution is -2.26. The first-order chi connectivity index (χ1) is 8.50. The maximum absolute atomic E-state index is 13.5. The van der Waals surface area contributed by atoms with Crippen molar-refractivity contribution in [2.45, 2.75) is 26.9 Å². The summed E-state index contributed by atoms with van der Waals surface area (Å²) in [5.41, 5.74) is 1.27. The van der Waals surface area contributed by atoms with Crippen LogP contribution >= 0.6 is 0 Å². The number of rotatable bonds is 7. The molecule has 0 aliphatic heterocycles. The van der Waals surface area contributed by atoms with Crippen molar-refractivity contribution in [2.75, 3.05) is 25.1 Å². The van der Waals surface area contributed by atoms with Gasteiger partial charge in [0.1, 0.15) is 5.82 Å². The smallest absolute Gasteiger partial charge is 0.146 e. The van der Waals surface area contributed by atoms with Gasteiger partial charge in [-0.25, -0.2) is 4.39 Å². The lowest BCUT2D eigenvalue weighted by Gasteiger charge is -2.15. The van der Waals surface area contributed by atoms with Gasteiger partial charge < -0.3 is 15.2 Å². The van der Waals surface area contributed by atoms with E-state index < -0.39 is 6.10 Å². The number of aliphatic hydroxyl groups excluding tert-OH is 1. The van der Waals surface area contributed by atoms with Gasteiger partial charge in [0.05, 0.1) is 18.4 Å². The van der Waals surface area contributed by atoms with Gasteiger partial charge >= 0.3 is 0 Å². The van der Waals surface area contributed by atoms with E-state index in [9.17, 15) is 9.50 Å². The Bertz CT molecular complexity index is 349. The first kappa shape index (κ1) is 14.9. The molecule has 0 amide bonds. The van der Waals surface area contributed by atoms with Crippen molar-refractivity contribution in [1.29, 1.82) is 0 Å². The number of ether oxygens (including phenoxy) is 1. The fraction of sp³-hybridized carbons (Fsp3) is 0.571. The van der Waals surface area contributed by atoms with E-state index in [1.165, 1.54) is 6.07 Å². The van der Waals surface area contributed by atoms with Gasteiger partial charge in [0.15, 0.2) is 0 Å². The number of para-hydroxylation sites is 1. The van der Waals surface area contributed by atoms with Crippen LogP contribution in [0.1, 0.15) is 19.4 Å². The highest BCUT2D eigenvalue weighted by Gasteiger charge is 2.08. The molecule has 4 heteroatoms. The third-order valence-corrected chi connectivity index (χ3v) is 2.50. The number of anilines is 1. The molecule has 1 unspecified atom stereocenters. The fourth-order valence-corrected chi connectivity index (χ4v) is 1.57. The summed E-state index contributed by atoms with van der Waals surface area (Å²) in [6, 6.07) is 4.89. The van der Waals surface area contributed by atoms with Crippen molar-refractivity contribution in [3.05, 3.63) is 29.6 Å². The number of halogens is 1. The SMILES string of the molecule is Cc1cccc(F)c1NCC(O)COCC(C)C. The number of hydrogen-bond donors (Lipinski definition) is 2. The van der Waals surface area contributed by atoms with Crippen LogP contribution in [-0.4, -0.2) is 31.0 Å². The Labute approximate surface area is 108 Å². The van der Waals surface area contributed by atoms with E-state index in [1.807, 2.05) is 26.8 Å². The predicted octanol–water partition coefficient (Wildman–Crippen LogP) is 2.58. The first-order valence-electron chi connectivity index (χ1n) is 6.25. The number of aliphatic hydroxyl groups is 1. The standard InChI is InChI=1S/C14H22FNO2/c1-10(2)8-18-9-12(17)7-16-14-11(3)5-4-6-13(14)15/h4-6,10,12,16-17H,7-9H2,1-3H3. The van der Waals surface area contributed by atoms with Crippen LogP contribution in [-0.2, 0) is 4.74 Å². The number of hydrogen-bond acceptors (Lipinski definition) is 3. The maximum Gasteiger partial charge on any atom is 0.146 e. The van der Waals surface area contributed by atoms with Crippen LogP contribution in [0.3, 0.4) is 0 Å². The van der Waals surface area contributed by atoms with Crippen molar-refractivity contribution in [1.82, 2.24) is 0 Å². The summed E-state index contributed by atoms with van der Waals surface area (Å²) < 4.78 is 18.8. The van der Waals surface area contributed by atoms with Crippen molar-refractivity contribution in [3.63, 3.8) is 0 Å². The largest absolute Gasteiger partial charge is 0.389 e. The summed E-state index contributed by atoms with van der Waals surface area (Å²) in [6.45, 7) is 7.09. The van der Waals surface area contributed by atoms with Gasteiger partial charge in [0, 0.05) is 13.2 Å². The van der Waals surface area contributed by atoms with Gasteiger partial charge in [0.25, 0.3) is 0 Å². The van der Waals surface area contributed by atoms with Gasteiger partial charge in [-0.2, -0.15) is 0 Å². The fourth-order valence-electron chi connectivity index (χ4n) is 1.57. The molecular weight excluding hydrogens is 233 g/mol. The molecule has 0 radical (unpaired) electrons. The van der Waals surface area contributed by atoms with Crippen molar-refractivity contribution < 1.29 is 14.2 Å². The van der Waals surface area contributed by atoms with Crippen LogP contribution in [0, 0.1) is 18.7 Å². The van der Waals surface area contributed by atoms with Crippen molar-refractivity contribution in [3.8, 4) is 0 Å². The van der Waals surface area contributed by atoms with E-state index in [4.69, 9.17) is 4.74 Å². The maximum atomic E-state index is 13.5. The lowest BCUT2D eigenvalue weighted by molar-refractivity contribution is 0.0317. The van der Waals surface area contributed by atoms with Crippen LogP contribution < -0.4 is 5.32 Å². The highest BCUT2D eigenvalue weighted by Crippen LogP contribution is 2.18. The molecule has 0 bridgehead atoms. The normalized spacial score (nSPS) is 12.8. The molecule has 1 aromatic rings. The third-order valence-electron chi connectivity index (χ3n) is 2.50. The van der Waals surface area contributed by atoms with Gasteiger partial charge in [-0.15, -0.1) is 0 Å². The second-order valence-electron chi connectivity index (χ2n) is 4.90. The van der Waals surface area contributed by atoms with Crippen LogP contribution in [0.4, 0.5) is 10.1 Å². The molecule has 0 fully saturated rings. The Hall–Kier alpha value is -1.13. The molecule has 102 valence electrons. The summed E-state index contributed by atoms with van der Waals surface area (Å²) in [7, 11) is 0. The summed E-state index contributed by atoms with van der Waals surface area (Å²) in [6.07, 6.45) is -0.636. The summed E-state index contributed by atoms with van der Waals surface area (Å²) in [5.74, 6) is 0.143. The highest BCUT2D eigenvalue weighted by atomic mass is 19.1. The Morgan fingerprint density at radius 2 is 2.06 bits per heavy atom. The molecule has 0 spiro atoms. The minimum Gasteiger partial charge on any atom is -0.389 e. The summed E-state index contributed by atoms with van der Waals surface area (Å²) in [4.78, 5) is 0. The molecule has 0 saturated heterocycles. The molecule has 0 saturated carbocycles.